The molecule has 6 nitrogen and oxygen atoms in total. The second kappa shape index (κ2) is 9.67. The Kier molecular flexibility index (Phi) is 7.02. The molecule has 178 valence electrons. The summed E-state index contributed by atoms with van der Waals surface area (Å²) < 4.78 is -0.759. The summed E-state index contributed by atoms with van der Waals surface area (Å²) in [5.41, 5.74) is 7.27. The molecule has 1 unspecified atom stereocenters. The number of carbonyl (C=O) groups is 2. The lowest BCUT2D eigenvalue weighted by molar-refractivity contribution is -0.153. The van der Waals surface area contributed by atoms with Crippen LogP contribution in [0.25, 0.3) is 10.4 Å². The van der Waals surface area contributed by atoms with Crippen LogP contribution in [0.2, 0.25) is 0 Å². The van der Waals surface area contributed by atoms with E-state index in [4.69, 9.17) is 5.73 Å². The highest BCUT2D eigenvalue weighted by Gasteiger charge is 2.52. The van der Waals surface area contributed by atoms with Gasteiger partial charge in [-0.3, -0.25) is 9.59 Å². The quantitative estimate of drug-likeness (QED) is 0.207. The first-order valence-electron chi connectivity index (χ1n) is 11.2. The predicted octanol–water partition coefficient (Wildman–Crippen LogP) is 5.27. The van der Waals surface area contributed by atoms with Gasteiger partial charge in [0, 0.05) is 23.5 Å². The molecule has 0 spiro atoms. The minimum Gasteiger partial charge on any atom is -0.397 e. The summed E-state index contributed by atoms with van der Waals surface area (Å²) in [6.45, 7) is 4.98. The summed E-state index contributed by atoms with van der Waals surface area (Å²) >= 11 is 3.73. The van der Waals surface area contributed by atoms with Crippen molar-refractivity contribution < 1.29 is 14.7 Å². The van der Waals surface area contributed by atoms with Crippen LogP contribution in [0.4, 0.5) is 11.4 Å². The SMILES string of the molecule is CC(C)(I)C(O)(C(=O)N1CCCC1)c1ccc(C(=O)Nc2cc(-c3cccs3)ccc2N)cc1. The Hall–Kier alpha value is -2.43. The third-order valence-corrected chi connectivity index (χ3v) is 7.93. The Morgan fingerprint density at radius 1 is 1.09 bits per heavy atom. The zero-order valence-electron chi connectivity index (χ0n) is 19.2. The van der Waals surface area contributed by atoms with Crippen LogP contribution in [0.5, 0.6) is 0 Å². The number of amides is 2. The molecular formula is C26H28IN3O3S. The number of thiophene rings is 1. The number of benzene rings is 2. The number of likely N-dealkylation sites (tertiary alicyclic amines) is 1. The van der Waals surface area contributed by atoms with Gasteiger partial charge in [0.2, 0.25) is 0 Å². The number of aliphatic hydroxyl groups is 1. The van der Waals surface area contributed by atoms with Crippen molar-refractivity contribution in [3.8, 4) is 10.4 Å². The molecule has 1 saturated heterocycles. The summed E-state index contributed by atoms with van der Waals surface area (Å²) in [6, 6.07) is 16.1. The minimum absolute atomic E-state index is 0.292. The lowest BCUT2D eigenvalue weighted by atomic mass is 9.81. The molecule has 0 aliphatic carbocycles. The van der Waals surface area contributed by atoms with Gasteiger partial charge in [-0.1, -0.05) is 46.9 Å². The molecule has 0 radical (unpaired) electrons. The fourth-order valence-corrected chi connectivity index (χ4v) is 5.45. The standard InChI is InChI=1S/C26H28IN3O3S/c1-25(2,27)26(33,24(32)30-13-3-4-14-30)19-10-7-17(8-11-19)23(31)29-21-16-18(9-12-20(21)28)22-6-5-15-34-22/h5-12,15-16,33H,3-4,13-14,28H2,1-2H3,(H,29,31). The molecule has 1 atom stereocenters. The number of anilines is 2. The van der Waals surface area contributed by atoms with Crippen LogP contribution in [-0.2, 0) is 10.4 Å². The number of nitrogens with one attached hydrogen (secondary N) is 1. The molecule has 2 heterocycles. The molecule has 3 aromatic rings. The molecule has 0 bridgehead atoms. The van der Waals surface area contributed by atoms with Gasteiger partial charge >= 0.3 is 0 Å². The number of rotatable bonds is 6. The number of hydrogen-bond donors (Lipinski definition) is 3. The zero-order chi connectivity index (χ0) is 24.5. The topological polar surface area (TPSA) is 95.7 Å². The summed E-state index contributed by atoms with van der Waals surface area (Å²) in [6.07, 6.45) is 1.89. The van der Waals surface area contributed by atoms with Crippen molar-refractivity contribution in [3.05, 3.63) is 71.1 Å². The highest BCUT2D eigenvalue weighted by Crippen LogP contribution is 2.42. The minimum atomic E-state index is -1.70. The fraction of sp³-hybridized carbons (Fsp3) is 0.308. The lowest BCUT2D eigenvalue weighted by Gasteiger charge is -2.40. The molecular weight excluding hydrogens is 561 g/mol. The number of alkyl halides is 1. The average Bonchev–Trinajstić information content (AvgIpc) is 3.53. The van der Waals surface area contributed by atoms with Crippen molar-refractivity contribution in [2.45, 2.75) is 35.7 Å². The third kappa shape index (κ3) is 4.71. The second-order valence-corrected chi connectivity index (χ2v) is 12.6. The second-order valence-electron chi connectivity index (χ2n) is 8.99. The molecule has 2 aromatic carbocycles. The van der Waals surface area contributed by atoms with Crippen LogP contribution in [0, 0.1) is 0 Å². The van der Waals surface area contributed by atoms with Crippen LogP contribution in [-0.4, -0.2) is 38.3 Å². The van der Waals surface area contributed by atoms with E-state index in [-0.39, 0.29) is 11.8 Å². The Morgan fingerprint density at radius 3 is 2.35 bits per heavy atom. The summed E-state index contributed by atoms with van der Waals surface area (Å²) in [5, 5.41) is 16.5. The molecule has 1 fully saturated rings. The van der Waals surface area contributed by atoms with Gasteiger partial charge in [0.1, 0.15) is 0 Å². The van der Waals surface area contributed by atoms with Gasteiger partial charge < -0.3 is 21.1 Å². The fourth-order valence-electron chi connectivity index (χ4n) is 4.19. The third-order valence-electron chi connectivity index (χ3n) is 6.24. The van der Waals surface area contributed by atoms with Crippen molar-refractivity contribution in [2.24, 2.45) is 0 Å². The molecule has 8 heteroatoms. The van der Waals surface area contributed by atoms with Gasteiger partial charge in [0.25, 0.3) is 11.8 Å². The highest BCUT2D eigenvalue weighted by molar-refractivity contribution is 14.1. The van der Waals surface area contributed by atoms with Gasteiger partial charge in [-0.05, 0) is 73.5 Å². The molecule has 1 aromatic heterocycles. The van der Waals surface area contributed by atoms with E-state index in [1.165, 1.54) is 0 Å². The Balaban J connectivity index is 1.57. The molecule has 1 aliphatic heterocycles. The molecule has 4 rings (SSSR count). The molecule has 1 aliphatic rings. The first-order chi connectivity index (χ1) is 16.1. The van der Waals surface area contributed by atoms with Crippen LogP contribution >= 0.6 is 33.9 Å². The van der Waals surface area contributed by atoms with Crippen molar-refractivity contribution in [1.82, 2.24) is 4.90 Å². The largest absolute Gasteiger partial charge is 0.397 e. The summed E-state index contributed by atoms with van der Waals surface area (Å²) in [4.78, 5) is 29.1. The Bertz CT molecular complexity index is 1180. The Morgan fingerprint density at radius 2 is 1.76 bits per heavy atom. The van der Waals surface area contributed by atoms with Crippen LogP contribution in [0.15, 0.2) is 60.0 Å². The van der Waals surface area contributed by atoms with Gasteiger partial charge in [0.05, 0.1) is 14.8 Å². The Labute approximate surface area is 217 Å². The van der Waals surface area contributed by atoms with Gasteiger partial charge in [0.15, 0.2) is 5.60 Å². The van der Waals surface area contributed by atoms with Crippen molar-refractivity contribution >= 4 is 57.1 Å². The number of nitrogens with two attached hydrogens (primary N) is 1. The maximum absolute atomic E-state index is 13.3. The predicted molar refractivity (Wildman–Crippen MR) is 146 cm³/mol. The van der Waals surface area contributed by atoms with E-state index >= 15 is 0 Å². The number of hydrogen-bond acceptors (Lipinski definition) is 5. The average molecular weight is 589 g/mol. The molecule has 2 amide bonds. The van der Waals surface area contributed by atoms with E-state index in [0.29, 0.717) is 35.6 Å². The first-order valence-corrected chi connectivity index (χ1v) is 13.1. The van der Waals surface area contributed by atoms with Gasteiger partial charge in [-0.25, -0.2) is 0 Å². The number of halogens is 1. The summed E-state index contributed by atoms with van der Waals surface area (Å²) in [7, 11) is 0. The van der Waals surface area contributed by atoms with Crippen molar-refractivity contribution in [3.63, 3.8) is 0 Å². The first kappa shape index (κ1) is 24.7. The smallest absolute Gasteiger partial charge is 0.260 e. The van der Waals surface area contributed by atoms with E-state index in [0.717, 1.165) is 23.3 Å². The lowest BCUT2D eigenvalue weighted by Crippen LogP contribution is -2.55. The maximum atomic E-state index is 13.3. The van der Waals surface area contributed by atoms with Crippen LogP contribution in [0.3, 0.4) is 0 Å². The number of nitrogen functional groups attached to an aromatic ring is 1. The van der Waals surface area contributed by atoms with E-state index < -0.39 is 9.02 Å². The molecule has 0 saturated carbocycles. The molecule has 34 heavy (non-hydrogen) atoms. The van der Waals surface area contributed by atoms with Crippen molar-refractivity contribution in [2.75, 3.05) is 24.1 Å². The highest BCUT2D eigenvalue weighted by atomic mass is 127. The number of nitrogens with zero attached hydrogens (tertiary/aromatic N) is 1. The van der Waals surface area contributed by atoms with Gasteiger partial charge in [-0.15, -0.1) is 11.3 Å². The zero-order valence-corrected chi connectivity index (χ0v) is 22.2. The van der Waals surface area contributed by atoms with E-state index in [9.17, 15) is 14.7 Å². The van der Waals surface area contributed by atoms with E-state index in [1.54, 1.807) is 46.6 Å². The normalized spacial score (nSPS) is 15.7. The van der Waals surface area contributed by atoms with E-state index in [1.807, 2.05) is 43.5 Å². The number of carbonyl (C=O) groups excluding carboxylic acids is 2. The summed E-state index contributed by atoms with van der Waals surface area (Å²) in [5.74, 6) is -0.607. The maximum Gasteiger partial charge on any atom is 0.260 e. The van der Waals surface area contributed by atoms with E-state index in [2.05, 4.69) is 27.9 Å². The van der Waals surface area contributed by atoms with Crippen LogP contribution < -0.4 is 11.1 Å². The van der Waals surface area contributed by atoms with Crippen LogP contribution in [0.1, 0.15) is 42.6 Å². The monoisotopic (exact) mass is 589 g/mol. The van der Waals surface area contributed by atoms with Gasteiger partial charge in [-0.2, -0.15) is 0 Å². The molecule has 4 N–H and O–H groups in total. The van der Waals surface area contributed by atoms with Crippen molar-refractivity contribution in [1.29, 1.82) is 0 Å².